The van der Waals surface area contributed by atoms with Gasteiger partial charge in [-0.15, -0.1) is 0 Å². The Balaban J connectivity index is 1.70. The van der Waals surface area contributed by atoms with Crippen LogP contribution in [0.4, 0.5) is 11.4 Å². The molecule has 0 radical (unpaired) electrons. The molecule has 0 aromatic heterocycles. The van der Waals surface area contributed by atoms with Crippen molar-refractivity contribution in [2.75, 3.05) is 0 Å². The van der Waals surface area contributed by atoms with E-state index >= 15 is 0 Å². The topological polar surface area (TPSA) is 65.2 Å². The molecule has 4 rings (SSSR count). The quantitative estimate of drug-likeness (QED) is 0.452. The standard InChI is InChI=1S/C24H18N2O2/c27-19-7-3-5-17(13-19)15-25-23-11-12-24(22-10-2-1-9-21(22)23)26-16-18-6-4-8-20(28)14-18/h1-16,27-28H. The molecule has 4 aromatic rings. The van der Waals surface area contributed by atoms with E-state index in [0.717, 1.165) is 33.3 Å². The second-order valence-electron chi connectivity index (χ2n) is 6.36. The number of phenols is 2. The first-order valence-electron chi connectivity index (χ1n) is 8.87. The summed E-state index contributed by atoms with van der Waals surface area (Å²) in [5.74, 6) is 0.427. The minimum absolute atomic E-state index is 0.213. The smallest absolute Gasteiger partial charge is 0.116 e. The molecule has 0 aliphatic rings. The monoisotopic (exact) mass is 366 g/mol. The summed E-state index contributed by atoms with van der Waals surface area (Å²) in [5, 5.41) is 21.2. The molecule has 0 heterocycles. The highest BCUT2D eigenvalue weighted by Gasteiger charge is 2.04. The second kappa shape index (κ2) is 7.76. The van der Waals surface area contributed by atoms with Crippen LogP contribution in [0.25, 0.3) is 10.8 Å². The van der Waals surface area contributed by atoms with Crippen molar-refractivity contribution in [2.24, 2.45) is 9.98 Å². The summed E-state index contributed by atoms with van der Waals surface area (Å²) in [6.45, 7) is 0. The SMILES string of the molecule is Oc1cccc(C=Nc2ccc(N=Cc3cccc(O)c3)c3ccccc23)c1. The highest BCUT2D eigenvalue weighted by molar-refractivity contribution is 6.02. The summed E-state index contributed by atoms with van der Waals surface area (Å²) in [6, 6.07) is 25.8. The predicted molar refractivity (Wildman–Crippen MR) is 115 cm³/mol. The highest BCUT2D eigenvalue weighted by Crippen LogP contribution is 2.33. The highest BCUT2D eigenvalue weighted by atomic mass is 16.3. The van der Waals surface area contributed by atoms with Crippen LogP contribution in [-0.4, -0.2) is 22.6 Å². The van der Waals surface area contributed by atoms with Gasteiger partial charge in [-0.2, -0.15) is 0 Å². The van der Waals surface area contributed by atoms with Crippen LogP contribution in [-0.2, 0) is 0 Å². The third-order valence-electron chi connectivity index (χ3n) is 4.32. The van der Waals surface area contributed by atoms with Crippen LogP contribution in [0.1, 0.15) is 11.1 Å². The van der Waals surface area contributed by atoms with Gasteiger partial charge >= 0.3 is 0 Å². The van der Waals surface area contributed by atoms with Crippen molar-refractivity contribution in [3.05, 3.63) is 96.1 Å². The van der Waals surface area contributed by atoms with Gasteiger partial charge in [0, 0.05) is 23.2 Å². The molecule has 0 aliphatic carbocycles. The Bertz CT molecular complexity index is 1100. The van der Waals surface area contributed by atoms with Gasteiger partial charge in [-0.3, -0.25) is 9.98 Å². The second-order valence-corrected chi connectivity index (χ2v) is 6.36. The molecule has 0 bridgehead atoms. The number of hydrogen-bond donors (Lipinski definition) is 2. The van der Waals surface area contributed by atoms with E-state index in [1.165, 1.54) is 0 Å². The number of aliphatic imine (C=N–C) groups is 2. The molecule has 0 unspecified atom stereocenters. The summed E-state index contributed by atoms with van der Waals surface area (Å²) in [4.78, 5) is 9.19. The fraction of sp³-hybridized carbons (Fsp3) is 0. The van der Waals surface area contributed by atoms with Gasteiger partial charge in [0.25, 0.3) is 0 Å². The van der Waals surface area contributed by atoms with Crippen molar-refractivity contribution in [3.63, 3.8) is 0 Å². The maximum atomic E-state index is 9.60. The van der Waals surface area contributed by atoms with E-state index in [-0.39, 0.29) is 11.5 Å². The lowest BCUT2D eigenvalue weighted by molar-refractivity contribution is 0.474. The molecule has 4 nitrogen and oxygen atoms in total. The van der Waals surface area contributed by atoms with Crippen LogP contribution >= 0.6 is 0 Å². The fourth-order valence-electron chi connectivity index (χ4n) is 2.99. The molecule has 0 amide bonds. The minimum Gasteiger partial charge on any atom is -0.508 e. The number of benzene rings is 4. The normalized spacial score (nSPS) is 11.6. The number of aromatic hydroxyl groups is 2. The van der Waals surface area contributed by atoms with E-state index in [4.69, 9.17) is 0 Å². The fourth-order valence-corrected chi connectivity index (χ4v) is 2.99. The van der Waals surface area contributed by atoms with Crippen molar-refractivity contribution in [2.45, 2.75) is 0 Å². The third kappa shape index (κ3) is 3.91. The van der Waals surface area contributed by atoms with Crippen LogP contribution in [0.15, 0.2) is 94.9 Å². The van der Waals surface area contributed by atoms with Gasteiger partial charge in [-0.25, -0.2) is 0 Å². The lowest BCUT2D eigenvalue weighted by Crippen LogP contribution is -1.82. The number of hydrogen-bond acceptors (Lipinski definition) is 4. The van der Waals surface area contributed by atoms with E-state index < -0.39 is 0 Å². The number of rotatable bonds is 4. The summed E-state index contributed by atoms with van der Waals surface area (Å²) >= 11 is 0. The molecule has 0 fully saturated rings. The zero-order chi connectivity index (χ0) is 19.3. The van der Waals surface area contributed by atoms with Crippen molar-refractivity contribution in [1.29, 1.82) is 0 Å². The third-order valence-corrected chi connectivity index (χ3v) is 4.32. The largest absolute Gasteiger partial charge is 0.508 e. The Morgan fingerprint density at radius 3 is 1.43 bits per heavy atom. The first-order chi connectivity index (χ1) is 13.7. The first kappa shape index (κ1) is 17.5. The Labute approximate surface area is 162 Å². The lowest BCUT2D eigenvalue weighted by atomic mass is 10.1. The molecule has 0 aliphatic heterocycles. The van der Waals surface area contributed by atoms with E-state index in [0.29, 0.717) is 0 Å². The van der Waals surface area contributed by atoms with Crippen molar-refractivity contribution < 1.29 is 10.2 Å². The molecule has 136 valence electrons. The predicted octanol–water partition coefficient (Wildman–Crippen LogP) is 5.75. The summed E-state index contributed by atoms with van der Waals surface area (Å²) in [7, 11) is 0. The molecule has 0 atom stereocenters. The van der Waals surface area contributed by atoms with Crippen molar-refractivity contribution >= 4 is 34.6 Å². The molecule has 0 spiro atoms. The van der Waals surface area contributed by atoms with Gasteiger partial charge in [-0.05, 0) is 47.5 Å². The van der Waals surface area contributed by atoms with Crippen molar-refractivity contribution in [1.82, 2.24) is 0 Å². The summed E-state index contributed by atoms with van der Waals surface area (Å²) < 4.78 is 0. The first-order valence-corrected chi connectivity index (χ1v) is 8.87. The molecule has 0 saturated heterocycles. The Kier molecular flexibility index (Phi) is 4.85. The number of nitrogens with zero attached hydrogens (tertiary/aromatic N) is 2. The van der Waals surface area contributed by atoms with E-state index in [1.807, 2.05) is 48.5 Å². The maximum absolute atomic E-state index is 9.60. The van der Waals surface area contributed by atoms with E-state index in [9.17, 15) is 10.2 Å². The van der Waals surface area contributed by atoms with E-state index in [2.05, 4.69) is 9.98 Å². The van der Waals surface area contributed by atoms with Crippen LogP contribution < -0.4 is 0 Å². The van der Waals surface area contributed by atoms with Gasteiger partial charge in [0.1, 0.15) is 11.5 Å². The van der Waals surface area contributed by atoms with Gasteiger partial charge in [0.2, 0.25) is 0 Å². The van der Waals surface area contributed by atoms with Gasteiger partial charge < -0.3 is 10.2 Å². The lowest BCUT2D eigenvalue weighted by Gasteiger charge is -2.05. The molecule has 2 N–H and O–H groups in total. The maximum Gasteiger partial charge on any atom is 0.116 e. The molecule has 28 heavy (non-hydrogen) atoms. The van der Waals surface area contributed by atoms with E-state index in [1.54, 1.807) is 48.8 Å². The minimum atomic E-state index is 0.213. The molecule has 4 heteroatoms. The van der Waals surface area contributed by atoms with Crippen LogP contribution in [0.5, 0.6) is 11.5 Å². The van der Waals surface area contributed by atoms with Gasteiger partial charge in [0.05, 0.1) is 11.4 Å². The number of fused-ring (bicyclic) bond motifs is 1. The molecular weight excluding hydrogens is 348 g/mol. The van der Waals surface area contributed by atoms with Crippen LogP contribution in [0, 0.1) is 0 Å². The average molecular weight is 366 g/mol. The van der Waals surface area contributed by atoms with Gasteiger partial charge in [0.15, 0.2) is 0 Å². The summed E-state index contributed by atoms with van der Waals surface area (Å²) in [5.41, 5.74) is 3.32. The zero-order valence-corrected chi connectivity index (χ0v) is 15.0. The van der Waals surface area contributed by atoms with Crippen molar-refractivity contribution in [3.8, 4) is 11.5 Å². The molecular formula is C24H18N2O2. The summed E-state index contributed by atoms with van der Waals surface area (Å²) in [6.07, 6.45) is 3.47. The Morgan fingerprint density at radius 2 is 1.00 bits per heavy atom. The molecule has 0 saturated carbocycles. The van der Waals surface area contributed by atoms with Crippen LogP contribution in [0.3, 0.4) is 0 Å². The Hall–Kier alpha value is -3.92. The molecule has 4 aromatic carbocycles. The average Bonchev–Trinajstić information content (AvgIpc) is 2.71. The zero-order valence-electron chi connectivity index (χ0n) is 15.0. The van der Waals surface area contributed by atoms with Crippen LogP contribution in [0.2, 0.25) is 0 Å². The number of phenolic OH excluding ortho intramolecular Hbond substituents is 2. The Morgan fingerprint density at radius 1 is 0.536 bits per heavy atom. The van der Waals surface area contributed by atoms with Gasteiger partial charge in [-0.1, -0.05) is 48.5 Å².